The van der Waals surface area contributed by atoms with Crippen molar-refractivity contribution in [2.75, 3.05) is 6.61 Å². The predicted molar refractivity (Wildman–Crippen MR) is 62.3 cm³/mol. The summed E-state index contributed by atoms with van der Waals surface area (Å²) in [7, 11) is 1.52. The maximum atomic E-state index is 11.4. The van der Waals surface area contributed by atoms with Crippen LogP contribution in [0.5, 0.6) is 0 Å². The van der Waals surface area contributed by atoms with Gasteiger partial charge in [0, 0.05) is 26.1 Å². The first-order valence-corrected chi connectivity index (χ1v) is 7.20. The predicted octanol–water partition coefficient (Wildman–Crippen LogP) is 3.31. The minimum Gasteiger partial charge on any atom is -0.462 e. The molecule has 0 aromatic heterocycles. The largest absolute Gasteiger partial charge is 0.462 e. The molecule has 0 bridgehead atoms. The van der Waals surface area contributed by atoms with Gasteiger partial charge in [0.05, 0.1) is 12.2 Å². The molecule has 0 N–H and O–H groups in total. The van der Waals surface area contributed by atoms with E-state index < -0.39 is 0 Å². The molecule has 1 rings (SSSR count). The molecular weight excluding hydrogens is 299 g/mol. The lowest BCUT2D eigenvalue weighted by atomic mass is 10.2. The van der Waals surface area contributed by atoms with Crippen LogP contribution in [0.1, 0.15) is 17.3 Å². The fraction of sp³-hybridized carbons (Fsp3) is 0.222. The van der Waals surface area contributed by atoms with Crippen molar-refractivity contribution in [3.05, 3.63) is 29.8 Å². The Hall–Kier alpha value is -0.230. The lowest BCUT2D eigenvalue weighted by Gasteiger charge is -2.04. The zero-order valence-electron chi connectivity index (χ0n) is 7.12. The van der Waals surface area contributed by atoms with Crippen LogP contribution >= 0.6 is 30.1 Å². The quantitative estimate of drug-likeness (QED) is 0.633. The van der Waals surface area contributed by atoms with Gasteiger partial charge >= 0.3 is 5.97 Å². The highest BCUT2D eigenvalue weighted by Crippen LogP contribution is 2.28. The van der Waals surface area contributed by atoms with Gasteiger partial charge in [-0.1, -0.05) is 21.1 Å². The van der Waals surface area contributed by atoms with E-state index in [-0.39, 0.29) is 5.97 Å². The number of carbonyl (C=O) groups is 1. The van der Waals surface area contributed by atoms with Gasteiger partial charge in [0.2, 0.25) is 0 Å². The Balaban J connectivity index is 2.92. The van der Waals surface area contributed by atoms with Crippen molar-refractivity contribution in [3.8, 4) is 0 Å². The molecule has 0 amide bonds. The highest BCUT2D eigenvalue weighted by atomic mass is 127. The third-order valence-electron chi connectivity index (χ3n) is 1.47. The van der Waals surface area contributed by atoms with Crippen LogP contribution in [0, 0.1) is 0 Å². The Labute approximate surface area is 93.6 Å². The number of hydrogen-bond donors (Lipinski definition) is 0. The van der Waals surface area contributed by atoms with Gasteiger partial charge in [-0.25, -0.2) is 4.79 Å². The first kappa shape index (κ1) is 10.8. The van der Waals surface area contributed by atoms with Gasteiger partial charge in [-0.05, 0) is 19.1 Å². The number of esters is 1. The molecule has 0 aliphatic heterocycles. The summed E-state index contributed by atoms with van der Waals surface area (Å²) >= 11 is 2.15. The van der Waals surface area contributed by atoms with E-state index in [2.05, 4.69) is 21.2 Å². The van der Waals surface area contributed by atoms with Crippen molar-refractivity contribution in [1.82, 2.24) is 0 Å². The minimum absolute atomic E-state index is 0.248. The van der Waals surface area contributed by atoms with Gasteiger partial charge < -0.3 is 4.74 Å². The van der Waals surface area contributed by atoms with Gasteiger partial charge in [0.25, 0.3) is 0 Å². The number of halogens is 1. The van der Waals surface area contributed by atoms with Crippen LogP contribution in [0.3, 0.4) is 0 Å². The molecule has 2 nitrogen and oxygen atoms in total. The van der Waals surface area contributed by atoms with Crippen molar-refractivity contribution in [2.45, 2.75) is 11.8 Å². The summed E-state index contributed by atoms with van der Waals surface area (Å²) in [5.74, 6) is -0.248. The van der Waals surface area contributed by atoms with E-state index >= 15 is 0 Å². The number of hydrogen-bond acceptors (Lipinski definition) is 3. The minimum atomic E-state index is -0.248. The van der Waals surface area contributed by atoms with Gasteiger partial charge in [0.1, 0.15) is 0 Å². The van der Waals surface area contributed by atoms with Crippen LogP contribution in [-0.2, 0) is 4.74 Å². The number of benzene rings is 1. The maximum absolute atomic E-state index is 11.4. The lowest BCUT2D eigenvalue weighted by Crippen LogP contribution is -2.05. The van der Waals surface area contributed by atoms with Gasteiger partial charge in [-0.2, -0.15) is 0 Å². The molecule has 0 atom stereocenters. The summed E-state index contributed by atoms with van der Waals surface area (Å²) < 4.78 is 4.91. The van der Waals surface area contributed by atoms with Crippen LogP contribution in [0.15, 0.2) is 29.2 Å². The Bertz CT molecular complexity index is 301. The molecule has 0 aliphatic rings. The topological polar surface area (TPSA) is 26.3 Å². The Morgan fingerprint density at radius 1 is 1.54 bits per heavy atom. The van der Waals surface area contributed by atoms with E-state index in [4.69, 9.17) is 4.74 Å². The van der Waals surface area contributed by atoms with E-state index in [0.717, 1.165) is 4.90 Å². The molecule has 0 spiro atoms. The molecule has 0 fully saturated rings. The van der Waals surface area contributed by atoms with Gasteiger partial charge in [-0.15, -0.1) is 0 Å². The monoisotopic (exact) mass is 308 g/mol. The highest BCUT2D eigenvalue weighted by Gasteiger charge is 2.10. The van der Waals surface area contributed by atoms with Gasteiger partial charge in [-0.3, -0.25) is 0 Å². The van der Waals surface area contributed by atoms with Crippen LogP contribution < -0.4 is 0 Å². The molecule has 70 valence electrons. The zero-order chi connectivity index (χ0) is 9.68. The Morgan fingerprint density at radius 3 is 2.85 bits per heavy atom. The highest BCUT2D eigenvalue weighted by molar-refractivity contribution is 14.2. The molecule has 0 heterocycles. The smallest absolute Gasteiger partial charge is 0.339 e. The fourth-order valence-corrected chi connectivity index (χ4v) is 2.43. The second-order valence-electron chi connectivity index (χ2n) is 2.29. The molecule has 0 saturated heterocycles. The molecule has 4 heteroatoms. The van der Waals surface area contributed by atoms with Crippen molar-refractivity contribution in [2.24, 2.45) is 0 Å². The van der Waals surface area contributed by atoms with Crippen molar-refractivity contribution in [1.29, 1.82) is 0 Å². The summed E-state index contributed by atoms with van der Waals surface area (Å²) in [6.07, 6.45) is 0. The average Bonchev–Trinajstić information content (AvgIpc) is 2.18. The molecule has 0 aliphatic carbocycles. The molecule has 1 aromatic rings. The van der Waals surface area contributed by atoms with Crippen LogP contribution in [0.2, 0.25) is 0 Å². The summed E-state index contributed by atoms with van der Waals surface area (Å²) in [5, 5.41) is 0. The molecule has 0 radical (unpaired) electrons. The average molecular weight is 308 g/mol. The summed E-state index contributed by atoms with van der Waals surface area (Å²) in [5.41, 5.74) is 0.642. The zero-order valence-corrected chi connectivity index (χ0v) is 10.1. The van der Waals surface area contributed by atoms with Crippen molar-refractivity contribution >= 4 is 36.1 Å². The molecule has 0 unspecified atom stereocenters. The molecule has 13 heavy (non-hydrogen) atoms. The second-order valence-corrected chi connectivity index (χ2v) is 4.21. The fourth-order valence-electron chi connectivity index (χ4n) is 0.911. The van der Waals surface area contributed by atoms with Crippen LogP contribution in [0.4, 0.5) is 0 Å². The van der Waals surface area contributed by atoms with Crippen molar-refractivity contribution in [3.63, 3.8) is 0 Å². The maximum Gasteiger partial charge on any atom is 0.339 e. The third kappa shape index (κ3) is 2.87. The summed E-state index contributed by atoms with van der Waals surface area (Å²) in [6.45, 7) is 2.22. The second kappa shape index (κ2) is 5.49. The number of ether oxygens (including phenoxy) is 1. The van der Waals surface area contributed by atoms with Crippen molar-refractivity contribution < 1.29 is 9.53 Å². The van der Waals surface area contributed by atoms with E-state index in [9.17, 15) is 4.79 Å². The number of carbonyl (C=O) groups excluding carboxylic acids is 1. The lowest BCUT2D eigenvalue weighted by molar-refractivity contribution is 0.0522. The SMILES string of the molecule is CCOC(=O)c1ccccc1SI. The third-order valence-corrected chi connectivity index (χ3v) is 3.41. The van der Waals surface area contributed by atoms with E-state index in [1.807, 2.05) is 18.2 Å². The normalized spacial score (nSPS) is 9.69. The molecule has 0 saturated carbocycles. The first-order valence-electron chi connectivity index (χ1n) is 3.84. The van der Waals surface area contributed by atoms with Crippen LogP contribution in [-0.4, -0.2) is 12.6 Å². The summed E-state index contributed by atoms with van der Waals surface area (Å²) in [4.78, 5) is 12.3. The van der Waals surface area contributed by atoms with E-state index in [0.29, 0.717) is 12.2 Å². The Kier molecular flexibility index (Phi) is 4.58. The van der Waals surface area contributed by atoms with E-state index in [1.165, 1.54) is 8.93 Å². The summed E-state index contributed by atoms with van der Waals surface area (Å²) in [6, 6.07) is 7.43. The van der Waals surface area contributed by atoms with Gasteiger partial charge in [0.15, 0.2) is 0 Å². The van der Waals surface area contributed by atoms with Crippen LogP contribution in [0.25, 0.3) is 0 Å². The first-order chi connectivity index (χ1) is 6.29. The standard InChI is InChI=1S/C9H9IO2S/c1-2-12-9(11)7-5-3-4-6-8(7)13-10/h3-6H,2H2,1H3. The Morgan fingerprint density at radius 2 is 2.23 bits per heavy atom. The molecular formula is C9H9IO2S. The molecule has 1 aromatic carbocycles. The van der Waals surface area contributed by atoms with E-state index in [1.54, 1.807) is 13.0 Å². The number of rotatable bonds is 3.